The fourth-order valence-electron chi connectivity index (χ4n) is 3.75. The van der Waals surface area contributed by atoms with Gasteiger partial charge in [-0.05, 0) is 53.8 Å². The first-order valence-corrected chi connectivity index (χ1v) is 10.6. The Kier molecular flexibility index (Phi) is 7.52. The number of benzene rings is 1. The van der Waals surface area contributed by atoms with Gasteiger partial charge in [0.1, 0.15) is 5.15 Å². The number of carbonyl (C=O) groups is 1. The molecule has 188 valence electrons. The molecule has 0 saturated carbocycles. The van der Waals surface area contributed by atoms with Gasteiger partial charge in [0.05, 0.1) is 29.6 Å². The van der Waals surface area contributed by atoms with E-state index in [4.69, 9.17) is 23.2 Å². The van der Waals surface area contributed by atoms with Crippen molar-refractivity contribution in [3.05, 3.63) is 64.2 Å². The topological polar surface area (TPSA) is 47.8 Å². The summed E-state index contributed by atoms with van der Waals surface area (Å²) in [7, 11) is 0. The SMILES string of the molecule is Cc1cc(C(CC(F)C(F)(F)F)C(F)(F)F)cc(C)c1-c1cnn(-c2cnc(Cl)c(C(=O)Cl)c2)c1. The average Bonchev–Trinajstić information content (AvgIpc) is 3.19. The van der Waals surface area contributed by atoms with Crippen molar-refractivity contribution in [1.82, 2.24) is 14.8 Å². The number of halogens is 9. The second-order valence-electron chi connectivity index (χ2n) is 7.85. The van der Waals surface area contributed by atoms with Crippen molar-refractivity contribution in [2.24, 2.45) is 0 Å². The Hall–Kier alpha value is -2.66. The molecule has 3 rings (SSSR count). The number of nitrogens with zero attached hydrogens (tertiary/aromatic N) is 3. The summed E-state index contributed by atoms with van der Waals surface area (Å²) < 4.78 is 93.3. The van der Waals surface area contributed by atoms with Gasteiger partial charge in [0.2, 0.25) is 0 Å². The number of pyridine rings is 1. The monoisotopic (exact) mass is 541 g/mol. The van der Waals surface area contributed by atoms with Gasteiger partial charge in [-0.3, -0.25) is 4.79 Å². The summed E-state index contributed by atoms with van der Waals surface area (Å²) in [4.78, 5) is 15.4. The maximum absolute atomic E-state index is 13.6. The molecular formula is C22H16Cl2F7N3O. The predicted molar refractivity (Wildman–Crippen MR) is 116 cm³/mol. The van der Waals surface area contributed by atoms with Crippen molar-refractivity contribution < 1.29 is 35.5 Å². The molecular weight excluding hydrogens is 526 g/mol. The van der Waals surface area contributed by atoms with Crippen molar-refractivity contribution in [2.45, 2.75) is 44.7 Å². The fourth-order valence-corrected chi connectivity index (χ4v) is 4.13. The highest BCUT2D eigenvalue weighted by molar-refractivity contribution is 6.68. The Morgan fingerprint density at radius 2 is 1.63 bits per heavy atom. The largest absolute Gasteiger partial charge is 0.419 e. The molecule has 0 radical (unpaired) electrons. The number of carbonyl (C=O) groups excluding carboxylic acids is 1. The van der Waals surface area contributed by atoms with Gasteiger partial charge in [-0.2, -0.15) is 31.4 Å². The summed E-state index contributed by atoms with van der Waals surface area (Å²) >= 11 is 11.3. The number of aryl methyl sites for hydroxylation is 2. The van der Waals surface area contributed by atoms with E-state index in [1.54, 1.807) is 0 Å². The van der Waals surface area contributed by atoms with E-state index in [0.29, 0.717) is 27.9 Å². The van der Waals surface area contributed by atoms with Crippen LogP contribution in [0.25, 0.3) is 16.8 Å². The molecule has 1 aromatic carbocycles. The zero-order chi connectivity index (χ0) is 26.3. The Morgan fingerprint density at radius 1 is 1.03 bits per heavy atom. The normalized spacial score (nSPS) is 14.1. The van der Waals surface area contributed by atoms with Gasteiger partial charge in [0.25, 0.3) is 5.24 Å². The number of hydrogen-bond acceptors (Lipinski definition) is 3. The summed E-state index contributed by atoms with van der Waals surface area (Å²) in [6, 6.07) is 3.54. The molecule has 13 heteroatoms. The third kappa shape index (κ3) is 5.95. The minimum Gasteiger partial charge on any atom is -0.275 e. The molecule has 2 heterocycles. The molecule has 2 atom stereocenters. The molecule has 0 saturated heterocycles. The van der Waals surface area contributed by atoms with Gasteiger partial charge in [-0.25, -0.2) is 14.1 Å². The van der Waals surface area contributed by atoms with Crippen LogP contribution in [0.2, 0.25) is 5.15 Å². The summed E-state index contributed by atoms with van der Waals surface area (Å²) in [5.74, 6) is -2.64. The molecule has 0 fully saturated rings. The lowest BCUT2D eigenvalue weighted by atomic mass is 9.87. The van der Waals surface area contributed by atoms with Gasteiger partial charge < -0.3 is 0 Å². The van der Waals surface area contributed by atoms with E-state index >= 15 is 0 Å². The lowest BCUT2D eigenvalue weighted by Crippen LogP contribution is -2.31. The van der Waals surface area contributed by atoms with Crippen LogP contribution in [0.15, 0.2) is 36.8 Å². The first-order valence-electron chi connectivity index (χ1n) is 9.89. The third-order valence-corrected chi connectivity index (χ3v) is 5.83. The molecule has 35 heavy (non-hydrogen) atoms. The molecule has 0 aliphatic heterocycles. The van der Waals surface area contributed by atoms with Crippen LogP contribution in [0.4, 0.5) is 30.7 Å². The second-order valence-corrected chi connectivity index (χ2v) is 8.55. The van der Waals surface area contributed by atoms with Crippen LogP contribution in [0, 0.1) is 13.8 Å². The summed E-state index contributed by atoms with van der Waals surface area (Å²) in [5.41, 5.74) is 1.41. The lowest BCUT2D eigenvalue weighted by molar-refractivity contribution is -0.200. The zero-order valence-electron chi connectivity index (χ0n) is 18.0. The molecule has 0 spiro atoms. The maximum atomic E-state index is 13.6. The first-order chi connectivity index (χ1) is 16.1. The highest BCUT2D eigenvalue weighted by Gasteiger charge is 2.49. The standard InChI is InChI=1S/C22H16Cl2F7N3O/c1-10-3-12(16(21(26,27)28)6-17(25)22(29,30)31)4-11(2)18(10)13-7-33-34(9-13)14-5-15(20(24)35)19(23)32-8-14/h3-5,7-9,16-17H,6H2,1-2H3. The molecule has 0 aliphatic carbocycles. The van der Waals surface area contributed by atoms with E-state index in [-0.39, 0.29) is 10.7 Å². The van der Waals surface area contributed by atoms with Crippen LogP contribution in [-0.4, -0.2) is 38.5 Å². The van der Waals surface area contributed by atoms with Crippen molar-refractivity contribution in [1.29, 1.82) is 0 Å². The van der Waals surface area contributed by atoms with E-state index in [2.05, 4.69) is 10.1 Å². The molecule has 3 aromatic rings. The minimum absolute atomic E-state index is 0.0530. The second kappa shape index (κ2) is 9.77. The van der Waals surface area contributed by atoms with Crippen molar-refractivity contribution in [2.75, 3.05) is 0 Å². The van der Waals surface area contributed by atoms with Crippen molar-refractivity contribution in [3.8, 4) is 16.8 Å². The molecule has 0 amide bonds. The van der Waals surface area contributed by atoms with Crippen LogP contribution in [0.3, 0.4) is 0 Å². The smallest absolute Gasteiger partial charge is 0.275 e. The fraction of sp³-hybridized carbons (Fsp3) is 0.318. The zero-order valence-corrected chi connectivity index (χ0v) is 19.5. The quantitative estimate of drug-likeness (QED) is 0.184. The highest BCUT2D eigenvalue weighted by Crippen LogP contribution is 2.43. The van der Waals surface area contributed by atoms with E-state index in [9.17, 15) is 35.5 Å². The molecule has 0 bridgehead atoms. The molecule has 0 N–H and O–H groups in total. The van der Waals surface area contributed by atoms with E-state index in [1.807, 2.05) is 0 Å². The van der Waals surface area contributed by atoms with Gasteiger partial charge in [-0.15, -0.1) is 0 Å². The van der Waals surface area contributed by atoms with Crippen LogP contribution < -0.4 is 0 Å². The van der Waals surface area contributed by atoms with Crippen LogP contribution >= 0.6 is 23.2 Å². The van der Waals surface area contributed by atoms with Crippen molar-refractivity contribution >= 4 is 28.4 Å². The summed E-state index contributed by atoms with van der Waals surface area (Å²) in [6.07, 6.45) is -11.6. The van der Waals surface area contributed by atoms with E-state index < -0.39 is 41.7 Å². The maximum Gasteiger partial charge on any atom is 0.419 e. The Morgan fingerprint density at radius 3 is 2.14 bits per heavy atom. The predicted octanol–water partition coefficient (Wildman–Crippen LogP) is 7.52. The van der Waals surface area contributed by atoms with Gasteiger partial charge in [0, 0.05) is 18.2 Å². The average molecular weight is 542 g/mol. The lowest BCUT2D eigenvalue weighted by Gasteiger charge is -2.25. The van der Waals surface area contributed by atoms with Gasteiger partial charge >= 0.3 is 12.4 Å². The summed E-state index contributed by atoms with van der Waals surface area (Å²) in [5, 5.41) is 3.22. The Bertz CT molecular complexity index is 1230. The molecule has 4 nitrogen and oxygen atoms in total. The molecule has 0 aliphatic rings. The number of aromatic nitrogens is 3. The van der Waals surface area contributed by atoms with E-state index in [0.717, 1.165) is 12.1 Å². The minimum atomic E-state index is -5.40. The number of alkyl halides is 7. The van der Waals surface area contributed by atoms with Crippen LogP contribution in [0.1, 0.15) is 39.4 Å². The van der Waals surface area contributed by atoms with Gasteiger partial charge in [0.15, 0.2) is 6.17 Å². The van der Waals surface area contributed by atoms with Crippen LogP contribution in [0.5, 0.6) is 0 Å². The number of rotatable bonds is 6. The summed E-state index contributed by atoms with van der Waals surface area (Å²) in [6.45, 7) is 2.98. The van der Waals surface area contributed by atoms with Gasteiger partial charge in [-0.1, -0.05) is 23.7 Å². The Labute approximate surface area is 204 Å². The van der Waals surface area contributed by atoms with E-state index in [1.165, 1.54) is 43.2 Å². The molecule has 2 aromatic heterocycles. The van der Waals surface area contributed by atoms with Crippen LogP contribution in [-0.2, 0) is 0 Å². The Balaban J connectivity index is 2.00. The highest BCUT2D eigenvalue weighted by atomic mass is 35.5. The third-order valence-electron chi connectivity index (χ3n) is 5.32. The number of hydrogen-bond donors (Lipinski definition) is 0. The van der Waals surface area contributed by atoms with Crippen molar-refractivity contribution in [3.63, 3.8) is 0 Å². The molecule has 2 unspecified atom stereocenters. The first kappa shape index (κ1) is 26.9.